The first-order valence-electron chi connectivity index (χ1n) is 9.85. The molecule has 1 atom stereocenters. The summed E-state index contributed by atoms with van der Waals surface area (Å²) in [4.78, 5) is 33.9. The van der Waals surface area contributed by atoms with Crippen molar-refractivity contribution in [3.8, 4) is 0 Å². The summed E-state index contributed by atoms with van der Waals surface area (Å²) in [6.07, 6.45) is 8.14. The van der Waals surface area contributed by atoms with Crippen LogP contribution < -0.4 is 16.0 Å². The molecule has 1 unspecified atom stereocenters. The van der Waals surface area contributed by atoms with Gasteiger partial charge < -0.3 is 15.2 Å². The lowest BCUT2D eigenvalue weighted by molar-refractivity contribution is -0.119. The number of rotatable bonds is 2. The number of carbonyl (C=O) groups excluding carboxylic acids is 2. The second-order valence-electron chi connectivity index (χ2n) is 7.98. The van der Waals surface area contributed by atoms with Gasteiger partial charge in [0.2, 0.25) is 11.9 Å². The number of amides is 2. The van der Waals surface area contributed by atoms with Crippen LogP contribution in [0.15, 0.2) is 12.3 Å². The van der Waals surface area contributed by atoms with Crippen molar-refractivity contribution < 1.29 is 9.59 Å². The van der Waals surface area contributed by atoms with Crippen molar-refractivity contribution >= 4 is 28.8 Å². The molecule has 8 nitrogen and oxygen atoms in total. The molecule has 3 N–H and O–H groups in total. The van der Waals surface area contributed by atoms with Crippen molar-refractivity contribution in [3.05, 3.63) is 18.0 Å². The molecule has 0 aromatic carbocycles. The Morgan fingerprint density at radius 2 is 2.15 bits per heavy atom. The third-order valence-corrected chi connectivity index (χ3v) is 6.28. The highest BCUT2D eigenvalue weighted by Gasteiger charge is 2.41. The molecule has 8 heteroatoms. The lowest BCUT2D eigenvalue weighted by atomic mass is 9.80. The molecular formula is C19H24N6O2. The van der Waals surface area contributed by atoms with Crippen LogP contribution in [0.25, 0.3) is 11.0 Å². The predicted molar refractivity (Wildman–Crippen MR) is 101 cm³/mol. The van der Waals surface area contributed by atoms with Crippen molar-refractivity contribution in [2.24, 2.45) is 5.92 Å². The summed E-state index contributed by atoms with van der Waals surface area (Å²) >= 11 is 0. The van der Waals surface area contributed by atoms with E-state index in [2.05, 4.69) is 30.5 Å². The molecular weight excluding hydrogens is 344 g/mol. The van der Waals surface area contributed by atoms with Crippen LogP contribution in [0.3, 0.4) is 0 Å². The second kappa shape index (κ2) is 6.30. The van der Waals surface area contributed by atoms with Crippen molar-refractivity contribution in [2.45, 2.75) is 44.1 Å². The third-order valence-electron chi connectivity index (χ3n) is 6.28. The van der Waals surface area contributed by atoms with E-state index in [1.54, 1.807) is 6.20 Å². The molecule has 2 aliphatic heterocycles. The first-order valence-corrected chi connectivity index (χ1v) is 9.85. The van der Waals surface area contributed by atoms with Gasteiger partial charge in [-0.25, -0.2) is 4.98 Å². The highest BCUT2D eigenvalue weighted by atomic mass is 16.2. The first kappa shape index (κ1) is 16.7. The van der Waals surface area contributed by atoms with E-state index < -0.39 is 0 Å². The van der Waals surface area contributed by atoms with Gasteiger partial charge in [-0.2, -0.15) is 4.98 Å². The van der Waals surface area contributed by atoms with Crippen molar-refractivity contribution in [3.63, 3.8) is 0 Å². The molecule has 2 aromatic rings. The van der Waals surface area contributed by atoms with E-state index in [9.17, 15) is 9.59 Å². The van der Waals surface area contributed by atoms with Crippen LogP contribution in [0.4, 0.5) is 5.95 Å². The summed E-state index contributed by atoms with van der Waals surface area (Å²) in [6.45, 7) is 2.20. The third kappa shape index (κ3) is 2.70. The number of nitrogens with zero attached hydrogens (tertiary/aromatic N) is 3. The number of hydrogen-bond donors (Lipinski definition) is 3. The van der Waals surface area contributed by atoms with Gasteiger partial charge in [-0.05, 0) is 31.9 Å². The maximum absolute atomic E-state index is 12.5. The van der Waals surface area contributed by atoms with E-state index in [0.717, 1.165) is 49.7 Å². The molecule has 1 saturated heterocycles. The van der Waals surface area contributed by atoms with E-state index in [0.29, 0.717) is 24.7 Å². The molecule has 1 aliphatic carbocycles. The summed E-state index contributed by atoms with van der Waals surface area (Å²) < 4.78 is 2.12. The molecule has 1 saturated carbocycles. The van der Waals surface area contributed by atoms with Crippen LogP contribution in [-0.2, 0) is 10.3 Å². The fraction of sp³-hybridized carbons (Fsp3) is 0.579. The van der Waals surface area contributed by atoms with Crippen molar-refractivity contribution in [1.82, 2.24) is 25.2 Å². The highest BCUT2D eigenvalue weighted by Crippen LogP contribution is 2.40. The fourth-order valence-corrected chi connectivity index (χ4v) is 4.81. The number of carbonyl (C=O) groups is 2. The fourth-order valence-electron chi connectivity index (χ4n) is 4.81. The van der Waals surface area contributed by atoms with Gasteiger partial charge in [-0.3, -0.25) is 14.9 Å². The average molecular weight is 368 g/mol. The van der Waals surface area contributed by atoms with E-state index in [1.165, 1.54) is 6.42 Å². The van der Waals surface area contributed by atoms with Gasteiger partial charge in [0, 0.05) is 24.7 Å². The normalized spacial score (nSPS) is 24.0. The number of hydrogen-bond acceptors (Lipinski definition) is 5. The largest absolute Gasteiger partial charge is 0.348 e. The van der Waals surface area contributed by atoms with Gasteiger partial charge in [0.15, 0.2) is 0 Å². The average Bonchev–Trinajstić information content (AvgIpc) is 3.34. The highest BCUT2D eigenvalue weighted by molar-refractivity contribution is 5.99. The molecule has 2 amide bonds. The van der Waals surface area contributed by atoms with Gasteiger partial charge in [0.1, 0.15) is 11.3 Å². The zero-order valence-corrected chi connectivity index (χ0v) is 15.3. The van der Waals surface area contributed by atoms with Crippen LogP contribution in [0, 0.1) is 5.92 Å². The van der Waals surface area contributed by atoms with Gasteiger partial charge >= 0.3 is 0 Å². The van der Waals surface area contributed by atoms with E-state index in [-0.39, 0.29) is 23.3 Å². The molecule has 1 spiro atoms. The lowest BCUT2D eigenvalue weighted by Gasteiger charge is -2.42. The molecule has 27 heavy (non-hydrogen) atoms. The molecule has 0 radical (unpaired) electrons. The standard InChI is InChI=1S/C19H24N6O2/c26-16(12-4-7-20-9-12)24-18-21-10-13-8-14-17(27)22-11-19(5-2-1-3-6-19)25(14)15(13)23-18/h8,10,12,20H,1-7,9,11H2,(H,22,27)(H,21,23,24,26). The zero-order chi connectivity index (χ0) is 18.4. The van der Waals surface area contributed by atoms with Gasteiger partial charge in [0.05, 0.1) is 11.5 Å². The number of fused-ring (bicyclic) bond motifs is 4. The van der Waals surface area contributed by atoms with Crippen LogP contribution in [0.1, 0.15) is 49.0 Å². The Morgan fingerprint density at radius 3 is 2.93 bits per heavy atom. The number of aromatic nitrogens is 3. The summed E-state index contributed by atoms with van der Waals surface area (Å²) in [5.74, 6) is 0.167. The maximum Gasteiger partial charge on any atom is 0.268 e. The Bertz CT molecular complexity index is 908. The summed E-state index contributed by atoms with van der Waals surface area (Å²) in [5.41, 5.74) is 1.28. The number of nitrogens with one attached hydrogen (secondary N) is 3. The van der Waals surface area contributed by atoms with Crippen LogP contribution in [0.2, 0.25) is 0 Å². The molecule has 5 rings (SSSR count). The van der Waals surface area contributed by atoms with Crippen molar-refractivity contribution in [1.29, 1.82) is 0 Å². The predicted octanol–water partition coefficient (Wildman–Crippen LogP) is 1.38. The quantitative estimate of drug-likeness (QED) is 0.743. The van der Waals surface area contributed by atoms with E-state index in [4.69, 9.17) is 0 Å². The van der Waals surface area contributed by atoms with E-state index >= 15 is 0 Å². The molecule has 3 aliphatic rings. The van der Waals surface area contributed by atoms with E-state index in [1.807, 2.05) is 6.07 Å². The smallest absolute Gasteiger partial charge is 0.268 e. The summed E-state index contributed by atoms with van der Waals surface area (Å²) in [5, 5.41) is 9.96. The lowest BCUT2D eigenvalue weighted by Crippen LogP contribution is -2.52. The molecule has 2 fully saturated rings. The Hall–Kier alpha value is -2.48. The molecule has 4 heterocycles. The Labute approximate surface area is 157 Å². The Morgan fingerprint density at radius 1 is 1.30 bits per heavy atom. The minimum absolute atomic E-state index is 0.0407. The monoisotopic (exact) mass is 368 g/mol. The van der Waals surface area contributed by atoms with Gasteiger partial charge in [-0.15, -0.1) is 0 Å². The van der Waals surface area contributed by atoms with Crippen LogP contribution in [0.5, 0.6) is 0 Å². The Kier molecular flexibility index (Phi) is 3.89. The van der Waals surface area contributed by atoms with Gasteiger partial charge in [-0.1, -0.05) is 19.3 Å². The van der Waals surface area contributed by atoms with Crippen LogP contribution in [-0.4, -0.2) is 46.0 Å². The molecule has 2 aromatic heterocycles. The SMILES string of the molecule is O=C1NCC2(CCCCC2)n2c1cc1cnc(NC(=O)C3CCNC3)nc12. The first-order chi connectivity index (χ1) is 13.2. The minimum atomic E-state index is -0.117. The number of anilines is 1. The van der Waals surface area contributed by atoms with Gasteiger partial charge in [0.25, 0.3) is 5.91 Å². The maximum atomic E-state index is 12.5. The molecule has 142 valence electrons. The molecule has 0 bridgehead atoms. The minimum Gasteiger partial charge on any atom is -0.348 e. The zero-order valence-electron chi connectivity index (χ0n) is 15.3. The Balaban J connectivity index is 1.55. The summed E-state index contributed by atoms with van der Waals surface area (Å²) in [6, 6.07) is 1.87. The topological polar surface area (TPSA) is 101 Å². The van der Waals surface area contributed by atoms with Crippen molar-refractivity contribution in [2.75, 3.05) is 25.0 Å². The summed E-state index contributed by atoms with van der Waals surface area (Å²) in [7, 11) is 0. The second-order valence-corrected chi connectivity index (χ2v) is 7.98. The van der Waals surface area contributed by atoms with Crippen LogP contribution >= 0.6 is 0 Å².